The molecule has 0 atom stereocenters. The minimum atomic E-state index is -4.09. The van der Waals surface area contributed by atoms with Gasteiger partial charge in [0.05, 0.1) is 24.0 Å². The number of nitrogens with two attached hydrogens (primary N) is 1. The monoisotopic (exact) mass is 537 g/mol. The lowest BCUT2D eigenvalue weighted by Gasteiger charge is -2.37. The number of halogens is 4. The van der Waals surface area contributed by atoms with Crippen molar-refractivity contribution >= 4 is 36.1 Å². The molecule has 1 aromatic rings. The Morgan fingerprint density at radius 3 is 2.49 bits per heavy atom. The zero-order valence-corrected chi connectivity index (χ0v) is 22.5. The van der Waals surface area contributed by atoms with E-state index < -0.39 is 12.7 Å². The van der Waals surface area contributed by atoms with E-state index >= 15 is 0 Å². The summed E-state index contributed by atoms with van der Waals surface area (Å²) in [5.74, 6) is 0.359. The minimum Gasteiger partial charge on any atom is -0.398 e. The third-order valence-electron chi connectivity index (χ3n) is 5.60. The highest BCUT2D eigenvalue weighted by Crippen LogP contribution is 2.27. The van der Waals surface area contributed by atoms with Gasteiger partial charge in [-0.15, -0.1) is 11.8 Å². The van der Waals surface area contributed by atoms with Crippen molar-refractivity contribution in [1.29, 1.82) is 0 Å². The van der Waals surface area contributed by atoms with Crippen molar-refractivity contribution in [1.82, 2.24) is 14.5 Å². The number of alkyl halides is 3. The van der Waals surface area contributed by atoms with Crippen LogP contribution in [0.3, 0.4) is 0 Å². The Hall–Kier alpha value is -1.27. The lowest BCUT2D eigenvalue weighted by molar-refractivity contribution is -0.156. The van der Waals surface area contributed by atoms with E-state index in [2.05, 4.69) is 16.4 Å². The highest BCUT2D eigenvalue weighted by Gasteiger charge is 2.34. The molecule has 11 heteroatoms. The molecule has 200 valence electrons. The van der Waals surface area contributed by atoms with Gasteiger partial charge in [0.2, 0.25) is 0 Å². The molecule has 0 saturated heterocycles. The Balaban J connectivity index is 0.000000351. The fourth-order valence-electron chi connectivity index (χ4n) is 3.65. The number of anilines is 1. The van der Waals surface area contributed by atoms with E-state index in [0.29, 0.717) is 23.1 Å². The predicted molar refractivity (Wildman–Crippen MR) is 143 cm³/mol. The molecule has 0 bridgehead atoms. The van der Waals surface area contributed by atoms with Crippen LogP contribution in [-0.4, -0.2) is 61.4 Å². The average Bonchev–Trinajstić information content (AvgIpc) is 2.82. The molecule has 1 aliphatic rings. The van der Waals surface area contributed by atoms with Crippen molar-refractivity contribution in [2.24, 2.45) is 4.99 Å². The van der Waals surface area contributed by atoms with Crippen LogP contribution in [0.15, 0.2) is 33.6 Å². The quantitative estimate of drug-likeness (QED) is 0.0790. The van der Waals surface area contributed by atoms with Gasteiger partial charge in [-0.25, -0.2) is 9.11 Å². The van der Waals surface area contributed by atoms with E-state index in [4.69, 9.17) is 5.73 Å². The SMILES string of the molecule is C=N/C=C\SCNSc1cc(CC)c(N)cc1F.CCN(C)CN(CC(F)(F)F)C1CCCCC1. The van der Waals surface area contributed by atoms with Crippen LogP contribution in [0, 0.1) is 5.82 Å². The maximum atomic E-state index is 13.6. The van der Waals surface area contributed by atoms with Gasteiger partial charge in [-0.1, -0.05) is 33.1 Å². The number of hydrogen-bond donors (Lipinski definition) is 2. The number of hydrogen-bond acceptors (Lipinski definition) is 7. The first-order valence-electron chi connectivity index (χ1n) is 11.8. The van der Waals surface area contributed by atoms with Crippen molar-refractivity contribution in [3.63, 3.8) is 0 Å². The summed E-state index contributed by atoms with van der Waals surface area (Å²) in [6.45, 7) is 7.71. The van der Waals surface area contributed by atoms with Crippen molar-refractivity contribution in [3.05, 3.63) is 35.1 Å². The van der Waals surface area contributed by atoms with E-state index in [9.17, 15) is 17.6 Å². The Kier molecular flexibility index (Phi) is 15.6. The van der Waals surface area contributed by atoms with Crippen LogP contribution < -0.4 is 10.5 Å². The summed E-state index contributed by atoms with van der Waals surface area (Å²) in [4.78, 5) is 7.67. The fraction of sp³-hybridized carbons (Fsp3) is 0.625. The van der Waals surface area contributed by atoms with Gasteiger partial charge in [-0.05, 0) is 74.6 Å². The van der Waals surface area contributed by atoms with Gasteiger partial charge >= 0.3 is 6.18 Å². The van der Waals surface area contributed by atoms with Gasteiger partial charge < -0.3 is 5.73 Å². The Morgan fingerprint density at radius 2 is 1.91 bits per heavy atom. The van der Waals surface area contributed by atoms with Gasteiger partial charge in [0, 0.05) is 17.9 Å². The van der Waals surface area contributed by atoms with Crippen molar-refractivity contribution in [2.75, 3.05) is 38.4 Å². The summed E-state index contributed by atoms with van der Waals surface area (Å²) in [7, 11) is 1.87. The van der Waals surface area contributed by atoms with Crippen LogP contribution in [0.25, 0.3) is 0 Å². The van der Waals surface area contributed by atoms with Crippen LogP contribution >= 0.6 is 23.7 Å². The molecule has 0 heterocycles. The number of nitrogens with zero attached hydrogens (tertiary/aromatic N) is 3. The van der Waals surface area contributed by atoms with E-state index in [-0.39, 0.29) is 11.9 Å². The van der Waals surface area contributed by atoms with E-state index in [1.165, 1.54) is 36.2 Å². The van der Waals surface area contributed by atoms with Gasteiger partial charge in [-0.2, -0.15) is 13.2 Å². The van der Waals surface area contributed by atoms with Crippen LogP contribution in [0.1, 0.15) is 51.5 Å². The summed E-state index contributed by atoms with van der Waals surface area (Å²) in [5.41, 5.74) is 7.18. The molecule has 0 unspecified atom stereocenters. The molecule has 0 aliphatic heterocycles. The number of nitrogen functional groups attached to an aromatic ring is 1. The number of aliphatic imine (C=N–C) groups is 1. The smallest absolute Gasteiger partial charge is 0.398 e. The van der Waals surface area contributed by atoms with E-state index in [1.807, 2.05) is 31.2 Å². The lowest BCUT2D eigenvalue weighted by Crippen LogP contribution is -2.47. The normalized spacial score (nSPS) is 15.0. The topological polar surface area (TPSA) is 56.9 Å². The second-order valence-corrected chi connectivity index (χ2v) is 10.2. The summed E-state index contributed by atoms with van der Waals surface area (Å²) in [5, 5.41) is 1.82. The number of thioether (sulfide) groups is 1. The first-order valence-corrected chi connectivity index (χ1v) is 13.7. The number of rotatable bonds is 12. The van der Waals surface area contributed by atoms with E-state index in [1.54, 1.807) is 17.2 Å². The van der Waals surface area contributed by atoms with E-state index in [0.717, 1.165) is 44.2 Å². The fourth-order valence-corrected chi connectivity index (χ4v) is 4.94. The molecule has 0 spiro atoms. The molecule has 2 rings (SSSR count). The average molecular weight is 538 g/mol. The van der Waals surface area contributed by atoms with Crippen molar-refractivity contribution < 1.29 is 17.6 Å². The Morgan fingerprint density at radius 1 is 1.23 bits per heavy atom. The predicted octanol–water partition coefficient (Wildman–Crippen LogP) is 6.52. The largest absolute Gasteiger partial charge is 0.401 e. The Bertz CT molecular complexity index is 771. The molecule has 1 aromatic carbocycles. The van der Waals surface area contributed by atoms with Crippen LogP contribution in [0.2, 0.25) is 0 Å². The zero-order chi connectivity index (χ0) is 26.3. The maximum absolute atomic E-state index is 13.6. The zero-order valence-electron chi connectivity index (χ0n) is 20.9. The molecular formula is C24H39F4N5S2. The van der Waals surface area contributed by atoms with Gasteiger partial charge in [0.1, 0.15) is 5.82 Å². The van der Waals surface area contributed by atoms with Gasteiger partial charge in [0.15, 0.2) is 0 Å². The highest BCUT2D eigenvalue weighted by molar-refractivity contribution is 8.03. The first kappa shape index (κ1) is 31.8. The number of aryl methyl sites for hydroxylation is 1. The second kappa shape index (κ2) is 17.2. The summed E-state index contributed by atoms with van der Waals surface area (Å²) < 4.78 is 54.3. The lowest BCUT2D eigenvalue weighted by atomic mass is 9.94. The first-order chi connectivity index (χ1) is 16.6. The minimum absolute atomic E-state index is 0.111. The summed E-state index contributed by atoms with van der Waals surface area (Å²) >= 11 is 2.78. The molecule has 0 amide bonds. The van der Waals surface area contributed by atoms with Gasteiger partial charge in [0.25, 0.3) is 0 Å². The highest BCUT2D eigenvalue weighted by atomic mass is 32.2. The summed E-state index contributed by atoms with van der Waals surface area (Å²) in [6.07, 6.45) is 3.43. The van der Waals surface area contributed by atoms with Crippen LogP contribution in [-0.2, 0) is 6.42 Å². The molecule has 1 fully saturated rings. The summed E-state index contributed by atoms with van der Waals surface area (Å²) in [6, 6.07) is 3.27. The Labute approximate surface area is 216 Å². The molecule has 35 heavy (non-hydrogen) atoms. The molecule has 1 saturated carbocycles. The third kappa shape index (κ3) is 13.6. The number of nitrogens with one attached hydrogen (secondary N) is 1. The standard InChI is InChI=1S/C12H23F3N2.C12H16FN3S2/c1-3-16(2)10-17(9-12(13,14)15)11-7-5-4-6-8-11;1-3-9-6-12(10(13)7-11(9)14)18-16-8-17-5-4-15-2/h11H,3-10H2,1-2H3;4-7,16H,2-3,8,14H2,1H3/b;5-4-. The number of benzene rings is 1. The van der Waals surface area contributed by atoms with Crippen molar-refractivity contribution in [2.45, 2.75) is 69.5 Å². The molecule has 3 N–H and O–H groups in total. The van der Waals surface area contributed by atoms with Crippen LogP contribution in [0.5, 0.6) is 0 Å². The van der Waals surface area contributed by atoms with Crippen LogP contribution in [0.4, 0.5) is 23.2 Å². The molecule has 0 aromatic heterocycles. The molecule has 5 nitrogen and oxygen atoms in total. The second-order valence-electron chi connectivity index (χ2n) is 8.33. The van der Waals surface area contributed by atoms with Gasteiger partial charge in [-0.3, -0.25) is 14.8 Å². The maximum Gasteiger partial charge on any atom is 0.401 e. The van der Waals surface area contributed by atoms with Crippen molar-refractivity contribution in [3.8, 4) is 0 Å². The molecule has 0 radical (unpaired) electrons. The molecular weight excluding hydrogens is 498 g/mol. The third-order valence-corrected chi connectivity index (χ3v) is 7.23. The molecule has 1 aliphatic carbocycles.